The highest BCUT2D eigenvalue weighted by molar-refractivity contribution is 7.18. The van der Waals surface area contributed by atoms with E-state index in [1.165, 1.54) is 6.33 Å². The quantitative estimate of drug-likeness (QED) is 0.848. The molecule has 0 saturated heterocycles. The number of aliphatic carboxylic acids is 1. The van der Waals surface area contributed by atoms with Crippen molar-refractivity contribution in [3.63, 3.8) is 0 Å². The summed E-state index contributed by atoms with van der Waals surface area (Å²) >= 11 is 1.60. The van der Waals surface area contributed by atoms with Crippen molar-refractivity contribution in [2.75, 3.05) is 5.32 Å². The highest BCUT2D eigenvalue weighted by Gasteiger charge is 2.39. The number of aryl methyl sites for hydroxylation is 1. The number of rotatable bonds is 3. The van der Waals surface area contributed by atoms with Crippen LogP contribution in [0.1, 0.15) is 43.4 Å². The third kappa shape index (κ3) is 2.72. The van der Waals surface area contributed by atoms with Crippen molar-refractivity contribution < 1.29 is 9.90 Å². The number of thiophene rings is 1. The fourth-order valence-electron chi connectivity index (χ4n) is 3.03. The first kappa shape index (κ1) is 14.3. The van der Waals surface area contributed by atoms with Crippen LogP contribution >= 0.6 is 11.3 Å². The van der Waals surface area contributed by atoms with E-state index in [0.29, 0.717) is 18.7 Å². The normalized spacial score (nSPS) is 18.3. The van der Waals surface area contributed by atoms with Crippen LogP contribution in [0.25, 0.3) is 10.2 Å². The first-order valence-corrected chi connectivity index (χ1v) is 8.15. The Morgan fingerprint density at radius 3 is 2.67 bits per heavy atom. The number of hydrogen-bond donors (Lipinski definition) is 2. The molecule has 6 heteroatoms. The second-order valence-corrected chi connectivity index (χ2v) is 6.96. The first-order valence-electron chi connectivity index (χ1n) is 7.33. The van der Waals surface area contributed by atoms with Gasteiger partial charge in [0, 0.05) is 4.88 Å². The molecular formula is C15H19N3O2S. The molecule has 2 heterocycles. The Kier molecular flexibility index (Phi) is 3.80. The molecule has 0 radical (unpaired) electrons. The van der Waals surface area contributed by atoms with Crippen LogP contribution in [-0.2, 0) is 4.79 Å². The number of carbonyl (C=O) groups is 1. The summed E-state index contributed by atoms with van der Waals surface area (Å²) in [5.74, 6) is -0.128. The zero-order valence-electron chi connectivity index (χ0n) is 12.1. The van der Waals surface area contributed by atoms with Crippen LogP contribution in [0.15, 0.2) is 12.4 Å². The number of fused-ring (bicyclic) bond motifs is 1. The Hall–Kier alpha value is -1.69. The first-order chi connectivity index (χ1) is 10.1. The third-order valence-electron chi connectivity index (χ3n) is 4.18. The molecule has 0 bridgehead atoms. The van der Waals surface area contributed by atoms with Gasteiger partial charge < -0.3 is 10.4 Å². The zero-order chi connectivity index (χ0) is 14.9. The van der Waals surface area contributed by atoms with Gasteiger partial charge in [0.15, 0.2) is 0 Å². The zero-order valence-corrected chi connectivity index (χ0v) is 12.9. The SMILES string of the molecule is Cc1cc2c(NC3(C(=O)O)CCCCCC3)ncnc2s1. The van der Waals surface area contributed by atoms with Crippen molar-refractivity contribution in [3.05, 3.63) is 17.3 Å². The number of hydrogen-bond acceptors (Lipinski definition) is 5. The minimum Gasteiger partial charge on any atom is -0.480 e. The molecule has 3 rings (SSSR count). The second kappa shape index (κ2) is 5.60. The van der Waals surface area contributed by atoms with Gasteiger partial charge in [-0.25, -0.2) is 14.8 Å². The summed E-state index contributed by atoms with van der Waals surface area (Å²) < 4.78 is 0. The lowest BCUT2D eigenvalue weighted by atomic mass is 9.90. The van der Waals surface area contributed by atoms with Crippen molar-refractivity contribution >= 4 is 33.3 Å². The molecule has 0 spiro atoms. The van der Waals surface area contributed by atoms with E-state index in [4.69, 9.17) is 0 Å². The number of nitrogens with zero attached hydrogens (tertiary/aromatic N) is 2. The van der Waals surface area contributed by atoms with E-state index >= 15 is 0 Å². The maximum Gasteiger partial charge on any atom is 0.329 e. The van der Waals surface area contributed by atoms with Gasteiger partial charge in [-0.3, -0.25) is 0 Å². The lowest BCUT2D eigenvalue weighted by Crippen LogP contribution is -2.46. The highest BCUT2D eigenvalue weighted by Crippen LogP contribution is 2.34. The number of anilines is 1. The van der Waals surface area contributed by atoms with E-state index in [9.17, 15) is 9.90 Å². The molecule has 2 aromatic heterocycles. The lowest BCUT2D eigenvalue weighted by Gasteiger charge is -2.30. The third-order valence-corrected chi connectivity index (χ3v) is 5.14. The maximum absolute atomic E-state index is 11.9. The van der Waals surface area contributed by atoms with E-state index in [-0.39, 0.29) is 0 Å². The standard InChI is InChI=1S/C15H19N3O2S/c1-10-8-11-12(16-9-17-13(11)21-10)18-15(14(19)20)6-4-2-3-5-7-15/h8-9H,2-7H2,1H3,(H,19,20)(H,16,17,18). The minimum absolute atomic E-state index is 0.647. The molecular weight excluding hydrogens is 286 g/mol. The van der Waals surface area contributed by atoms with Gasteiger partial charge in [0.1, 0.15) is 22.5 Å². The molecule has 0 aromatic carbocycles. The summed E-state index contributed by atoms with van der Waals surface area (Å²) in [5, 5.41) is 13.9. The molecule has 21 heavy (non-hydrogen) atoms. The van der Waals surface area contributed by atoms with Gasteiger partial charge in [-0.2, -0.15) is 0 Å². The van der Waals surface area contributed by atoms with Crippen LogP contribution in [-0.4, -0.2) is 26.6 Å². The Morgan fingerprint density at radius 1 is 1.29 bits per heavy atom. The summed E-state index contributed by atoms with van der Waals surface area (Å²) in [6.45, 7) is 2.02. The summed E-state index contributed by atoms with van der Waals surface area (Å²) in [6.07, 6.45) is 6.90. The van der Waals surface area contributed by atoms with Crippen LogP contribution in [0.4, 0.5) is 5.82 Å². The van der Waals surface area contributed by atoms with Crippen molar-refractivity contribution in [1.29, 1.82) is 0 Å². The largest absolute Gasteiger partial charge is 0.480 e. The topological polar surface area (TPSA) is 75.1 Å². The maximum atomic E-state index is 11.9. The van der Waals surface area contributed by atoms with Crippen molar-refractivity contribution in [2.24, 2.45) is 0 Å². The van der Waals surface area contributed by atoms with Gasteiger partial charge in [-0.05, 0) is 25.8 Å². The molecule has 112 valence electrons. The van der Waals surface area contributed by atoms with Crippen LogP contribution in [0.3, 0.4) is 0 Å². The second-order valence-electron chi connectivity index (χ2n) is 5.72. The molecule has 2 aromatic rings. The van der Waals surface area contributed by atoms with E-state index in [0.717, 1.165) is 40.8 Å². The predicted molar refractivity (Wildman–Crippen MR) is 83.8 cm³/mol. The van der Waals surface area contributed by atoms with Gasteiger partial charge in [0.2, 0.25) is 0 Å². The number of carboxylic acid groups (broad SMARTS) is 1. The molecule has 5 nitrogen and oxygen atoms in total. The average Bonchev–Trinajstić information content (AvgIpc) is 2.68. The Labute approximate surface area is 127 Å². The van der Waals surface area contributed by atoms with E-state index < -0.39 is 11.5 Å². The minimum atomic E-state index is -0.895. The van der Waals surface area contributed by atoms with Gasteiger partial charge in [0.25, 0.3) is 0 Å². The Bertz CT molecular complexity index is 660. The summed E-state index contributed by atoms with van der Waals surface area (Å²) in [7, 11) is 0. The average molecular weight is 305 g/mol. The molecule has 1 aliphatic rings. The summed E-state index contributed by atoms with van der Waals surface area (Å²) in [5.41, 5.74) is -0.895. The molecule has 0 aliphatic heterocycles. The Balaban J connectivity index is 1.99. The van der Waals surface area contributed by atoms with Crippen molar-refractivity contribution in [2.45, 2.75) is 51.0 Å². The smallest absolute Gasteiger partial charge is 0.329 e. The fraction of sp³-hybridized carbons (Fsp3) is 0.533. The van der Waals surface area contributed by atoms with Gasteiger partial charge in [0.05, 0.1) is 5.39 Å². The van der Waals surface area contributed by atoms with Gasteiger partial charge in [-0.15, -0.1) is 11.3 Å². The summed E-state index contributed by atoms with van der Waals surface area (Å²) in [4.78, 5) is 22.5. The molecule has 0 unspecified atom stereocenters. The summed E-state index contributed by atoms with van der Waals surface area (Å²) in [6, 6.07) is 2.02. The fourth-order valence-corrected chi connectivity index (χ4v) is 3.87. The van der Waals surface area contributed by atoms with Gasteiger partial charge in [-0.1, -0.05) is 25.7 Å². The molecule has 0 atom stereocenters. The molecule has 1 fully saturated rings. The van der Waals surface area contributed by atoms with E-state index in [2.05, 4.69) is 15.3 Å². The molecule has 0 amide bonds. The van der Waals surface area contributed by atoms with Crippen molar-refractivity contribution in [1.82, 2.24) is 9.97 Å². The van der Waals surface area contributed by atoms with Crippen LogP contribution in [0.5, 0.6) is 0 Å². The number of carboxylic acids is 1. The van der Waals surface area contributed by atoms with Crippen LogP contribution in [0.2, 0.25) is 0 Å². The lowest BCUT2D eigenvalue weighted by molar-refractivity contribution is -0.142. The monoisotopic (exact) mass is 305 g/mol. The van der Waals surface area contributed by atoms with Crippen molar-refractivity contribution in [3.8, 4) is 0 Å². The van der Waals surface area contributed by atoms with E-state index in [1.54, 1.807) is 11.3 Å². The molecule has 1 saturated carbocycles. The van der Waals surface area contributed by atoms with Gasteiger partial charge >= 0.3 is 5.97 Å². The van der Waals surface area contributed by atoms with E-state index in [1.807, 2.05) is 13.0 Å². The molecule has 1 aliphatic carbocycles. The van der Waals surface area contributed by atoms with Crippen LogP contribution < -0.4 is 5.32 Å². The molecule has 2 N–H and O–H groups in total. The Morgan fingerprint density at radius 2 is 2.00 bits per heavy atom. The predicted octanol–water partition coefficient (Wildman–Crippen LogP) is 3.59. The van der Waals surface area contributed by atoms with Crippen LogP contribution in [0, 0.1) is 6.92 Å². The number of nitrogens with one attached hydrogen (secondary N) is 1. The highest BCUT2D eigenvalue weighted by atomic mass is 32.1. The number of aromatic nitrogens is 2.